The Balaban J connectivity index is 1.97. The molecule has 1 rings (SSSR count). The quantitative estimate of drug-likeness (QED) is 0.544. The Morgan fingerprint density at radius 2 is 2.40 bits per heavy atom. The number of hydrazone groups is 1. The highest BCUT2D eigenvalue weighted by Crippen LogP contribution is 2.02. The van der Waals surface area contributed by atoms with E-state index in [0.717, 1.165) is 19.5 Å². The number of rotatable bonds is 4. The van der Waals surface area contributed by atoms with E-state index in [1.165, 1.54) is 19.3 Å². The molecule has 0 fully saturated rings. The van der Waals surface area contributed by atoms with Crippen LogP contribution >= 0.6 is 0 Å². The van der Waals surface area contributed by atoms with E-state index in [9.17, 15) is 0 Å². The molecule has 0 atom stereocenters. The maximum atomic E-state index is 4.22. The van der Waals surface area contributed by atoms with Crippen molar-refractivity contribution in [3.63, 3.8) is 0 Å². The predicted molar refractivity (Wildman–Crippen MR) is 44.2 cm³/mol. The Morgan fingerprint density at radius 1 is 1.50 bits per heavy atom. The van der Waals surface area contributed by atoms with E-state index in [0.29, 0.717) is 0 Å². The highest BCUT2D eigenvalue weighted by molar-refractivity contribution is 5.58. The summed E-state index contributed by atoms with van der Waals surface area (Å²) in [6.45, 7) is 4.53. The van der Waals surface area contributed by atoms with Crippen molar-refractivity contribution in [2.75, 3.05) is 13.1 Å². The van der Waals surface area contributed by atoms with Crippen LogP contribution in [0.15, 0.2) is 5.10 Å². The molecule has 0 aromatic rings. The third-order valence-electron chi connectivity index (χ3n) is 1.78. The van der Waals surface area contributed by atoms with Crippen LogP contribution in [0.4, 0.5) is 0 Å². The van der Waals surface area contributed by atoms with E-state index in [1.807, 2.05) is 6.21 Å². The summed E-state index contributed by atoms with van der Waals surface area (Å²) in [5, 5.41) is 6.38. The summed E-state index contributed by atoms with van der Waals surface area (Å²) < 4.78 is 0. The fourth-order valence-corrected chi connectivity index (χ4v) is 1.15. The van der Waals surface area contributed by atoms with Crippen LogP contribution in [0.3, 0.4) is 0 Å². The molecule has 0 saturated heterocycles. The van der Waals surface area contributed by atoms with Crippen molar-refractivity contribution in [3.8, 4) is 0 Å². The fraction of sp³-hybridized carbons (Fsp3) is 0.875. The summed E-state index contributed by atoms with van der Waals surface area (Å²) in [5.41, 5.74) is 0. The molecule has 0 spiro atoms. The van der Waals surface area contributed by atoms with Crippen LogP contribution < -0.4 is 0 Å². The molecular formula is C8H16N2. The molecule has 2 nitrogen and oxygen atoms in total. The van der Waals surface area contributed by atoms with Crippen LogP contribution in [0, 0.1) is 0 Å². The van der Waals surface area contributed by atoms with Gasteiger partial charge in [0.05, 0.1) is 0 Å². The van der Waals surface area contributed by atoms with E-state index < -0.39 is 0 Å². The molecule has 1 aliphatic rings. The minimum atomic E-state index is 1.14. The lowest BCUT2D eigenvalue weighted by Gasteiger charge is -2.11. The fourth-order valence-electron chi connectivity index (χ4n) is 1.15. The highest BCUT2D eigenvalue weighted by Gasteiger charge is 2.02. The topological polar surface area (TPSA) is 15.6 Å². The lowest BCUT2D eigenvalue weighted by Crippen LogP contribution is -2.15. The van der Waals surface area contributed by atoms with Crippen molar-refractivity contribution in [2.24, 2.45) is 5.10 Å². The molecule has 0 aromatic carbocycles. The molecular weight excluding hydrogens is 124 g/mol. The van der Waals surface area contributed by atoms with Crippen molar-refractivity contribution in [1.82, 2.24) is 5.01 Å². The van der Waals surface area contributed by atoms with E-state index in [2.05, 4.69) is 17.0 Å². The molecule has 1 heterocycles. The van der Waals surface area contributed by atoms with Gasteiger partial charge in [-0.3, -0.25) is 5.01 Å². The Bertz CT molecular complexity index is 110. The maximum absolute atomic E-state index is 4.22. The van der Waals surface area contributed by atoms with Gasteiger partial charge in [-0.25, -0.2) is 0 Å². The summed E-state index contributed by atoms with van der Waals surface area (Å²) in [7, 11) is 0. The summed E-state index contributed by atoms with van der Waals surface area (Å²) >= 11 is 0. The number of unbranched alkanes of at least 4 members (excludes halogenated alkanes) is 2. The second-order valence-corrected chi connectivity index (χ2v) is 2.75. The highest BCUT2D eigenvalue weighted by atomic mass is 15.5. The first-order chi connectivity index (χ1) is 4.93. The van der Waals surface area contributed by atoms with Crippen molar-refractivity contribution < 1.29 is 0 Å². The number of hydrogen-bond acceptors (Lipinski definition) is 2. The number of nitrogens with zero attached hydrogens (tertiary/aromatic N) is 2. The van der Waals surface area contributed by atoms with Gasteiger partial charge in [0.15, 0.2) is 0 Å². The largest absolute Gasteiger partial charge is 0.297 e. The van der Waals surface area contributed by atoms with Crippen LogP contribution in [0.25, 0.3) is 0 Å². The van der Waals surface area contributed by atoms with E-state index >= 15 is 0 Å². The van der Waals surface area contributed by atoms with Crippen LogP contribution in [0.2, 0.25) is 0 Å². The molecule has 0 amide bonds. The zero-order valence-corrected chi connectivity index (χ0v) is 6.71. The lowest BCUT2D eigenvalue weighted by molar-refractivity contribution is 0.310. The zero-order chi connectivity index (χ0) is 7.23. The van der Waals surface area contributed by atoms with Crippen LogP contribution in [-0.4, -0.2) is 24.3 Å². The molecule has 58 valence electrons. The Kier molecular flexibility index (Phi) is 3.27. The SMILES string of the molecule is CCCCCN1CCC=N1. The van der Waals surface area contributed by atoms with Crippen LogP contribution in [0.1, 0.15) is 32.6 Å². The monoisotopic (exact) mass is 140 g/mol. The molecule has 0 N–H and O–H groups in total. The van der Waals surface area contributed by atoms with Gasteiger partial charge in [-0.05, 0) is 6.42 Å². The second kappa shape index (κ2) is 4.31. The molecule has 0 radical (unpaired) electrons. The minimum absolute atomic E-state index is 1.14. The third-order valence-corrected chi connectivity index (χ3v) is 1.78. The van der Waals surface area contributed by atoms with Crippen molar-refractivity contribution in [1.29, 1.82) is 0 Å². The first-order valence-corrected chi connectivity index (χ1v) is 4.21. The first kappa shape index (κ1) is 7.58. The summed E-state index contributed by atoms with van der Waals surface area (Å²) in [5.74, 6) is 0. The molecule has 0 aromatic heterocycles. The van der Waals surface area contributed by atoms with Gasteiger partial charge in [-0.2, -0.15) is 5.10 Å². The maximum Gasteiger partial charge on any atom is 0.0410 e. The molecule has 0 bridgehead atoms. The second-order valence-electron chi connectivity index (χ2n) is 2.75. The standard InChI is InChI=1S/C8H16N2/c1-2-3-4-7-10-8-5-6-9-10/h6H,2-5,7-8H2,1H3. The van der Waals surface area contributed by atoms with Crippen molar-refractivity contribution >= 4 is 6.21 Å². The summed E-state index contributed by atoms with van der Waals surface area (Å²) in [6.07, 6.45) is 7.09. The molecule has 0 saturated carbocycles. The molecule has 2 heteroatoms. The van der Waals surface area contributed by atoms with Crippen molar-refractivity contribution in [3.05, 3.63) is 0 Å². The van der Waals surface area contributed by atoms with Gasteiger partial charge in [-0.15, -0.1) is 0 Å². The van der Waals surface area contributed by atoms with E-state index in [1.54, 1.807) is 0 Å². The predicted octanol–water partition coefficient (Wildman–Crippen LogP) is 1.87. The molecule has 1 aliphatic heterocycles. The Hall–Kier alpha value is -0.530. The normalized spacial score (nSPS) is 16.7. The van der Waals surface area contributed by atoms with Gasteiger partial charge in [0, 0.05) is 25.7 Å². The van der Waals surface area contributed by atoms with Crippen molar-refractivity contribution in [2.45, 2.75) is 32.6 Å². The first-order valence-electron chi connectivity index (χ1n) is 4.21. The average molecular weight is 140 g/mol. The smallest absolute Gasteiger partial charge is 0.0410 e. The van der Waals surface area contributed by atoms with Gasteiger partial charge >= 0.3 is 0 Å². The lowest BCUT2D eigenvalue weighted by atomic mass is 10.2. The van der Waals surface area contributed by atoms with Gasteiger partial charge in [0.25, 0.3) is 0 Å². The van der Waals surface area contributed by atoms with E-state index in [-0.39, 0.29) is 0 Å². The summed E-state index contributed by atoms with van der Waals surface area (Å²) in [4.78, 5) is 0. The molecule has 10 heavy (non-hydrogen) atoms. The van der Waals surface area contributed by atoms with E-state index in [4.69, 9.17) is 0 Å². The van der Waals surface area contributed by atoms with Gasteiger partial charge < -0.3 is 0 Å². The molecule has 0 unspecified atom stereocenters. The zero-order valence-electron chi connectivity index (χ0n) is 6.71. The number of hydrogen-bond donors (Lipinski definition) is 0. The Morgan fingerprint density at radius 3 is 3.00 bits per heavy atom. The Labute approximate surface area is 62.9 Å². The van der Waals surface area contributed by atoms with Crippen LogP contribution in [0.5, 0.6) is 0 Å². The molecule has 0 aliphatic carbocycles. The van der Waals surface area contributed by atoms with Gasteiger partial charge in [0.1, 0.15) is 0 Å². The summed E-state index contributed by atoms with van der Waals surface area (Å²) in [6, 6.07) is 0. The third kappa shape index (κ3) is 2.38. The van der Waals surface area contributed by atoms with Gasteiger partial charge in [0.2, 0.25) is 0 Å². The van der Waals surface area contributed by atoms with Gasteiger partial charge in [-0.1, -0.05) is 19.8 Å². The average Bonchev–Trinajstić information content (AvgIpc) is 2.41. The van der Waals surface area contributed by atoms with Crippen LogP contribution in [-0.2, 0) is 0 Å². The minimum Gasteiger partial charge on any atom is -0.297 e.